The van der Waals surface area contributed by atoms with Crippen LogP contribution in [0.1, 0.15) is 48.5 Å². The van der Waals surface area contributed by atoms with E-state index in [1.807, 2.05) is 18.3 Å². The third kappa shape index (κ3) is 4.67. The third-order valence-corrected chi connectivity index (χ3v) is 5.91. The van der Waals surface area contributed by atoms with Crippen LogP contribution in [0.2, 0.25) is 0 Å². The number of imidazole rings is 1. The molecule has 0 N–H and O–H groups in total. The Labute approximate surface area is 173 Å². The summed E-state index contributed by atoms with van der Waals surface area (Å²) < 4.78 is 7.73. The number of aryl methyl sites for hydroxylation is 1. The fraction of sp³-hybridized carbons (Fsp3) is 0.417. The number of para-hydroxylation sites is 1. The summed E-state index contributed by atoms with van der Waals surface area (Å²) in [6, 6.07) is 14.7. The van der Waals surface area contributed by atoms with Gasteiger partial charge in [-0.15, -0.1) is 0 Å². The second-order valence-electron chi connectivity index (χ2n) is 7.72. The minimum Gasteiger partial charge on any atom is -0.496 e. The van der Waals surface area contributed by atoms with Gasteiger partial charge >= 0.3 is 0 Å². The van der Waals surface area contributed by atoms with Gasteiger partial charge in [0.25, 0.3) is 0 Å². The van der Waals surface area contributed by atoms with Crippen LogP contribution < -0.4 is 4.74 Å². The predicted octanol–water partition coefficient (Wildman–Crippen LogP) is 4.28. The van der Waals surface area contributed by atoms with E-state index in [1.54, 1.807) is 7.11 Å². The Morgan fingerprint density at radius 1 is 1.07 bits per heavy atom. The first-order chi connectivity index (χ1) is 14.3. The zero-order chi connectivity index (χ0) is 20.1. The van der Waals surface area contributed by atoms with Gasteiger partial charge in [-0.05, 0) is 51.1 Å². The second kappa shape index (κ2) is 9.23. The predicted molar refractivity (Wildman–Crippen MR) is 115 cm³/mol. The van der Waals surface area contributed by atoms with Crippen LogP contribution in [0, 0.1) is 0 Å². The summed E-state index contributed by atoms with van der Waals surface area (Å²) in [6.45, 7) is 6.28. The maximum Gasteiger partial charge on any atom is 0.122 e. The normalized spacial score (nSPS) is 15.5. The standard InChI is InChI=1S/C24H30N4O/c1-3-28-16-13-25-24(28)18-27-14-11-19(12-15-27)22-9-6-8-21(26-22)17-20-7-4-5-10-23(20)29-2/h4-10,13,16,19H,3,11-12,14-15,17-18H2,1-2H3. The van der Waals surface area contributed by atoms with E-state index in [9.17, 15) is 0 Å². The number of piperidine rings is 1. The Bertz CT molecular complexity index is 928. The quantitative estimate of drug-likeness (QED) is 0.604. The van der Waals surface area contributed by atoms with Crippen molar-refractivity contribution in [3.63, 3.8) is 0 Å². The molecule has 0 saturated carbocycles. The third-order valence-electron chi connectivity index (χ3n) is 5.91. The van der Waals surface area contributed by atoms with Crippen LogP contribution in [0.3, 0.4) is 0 Å². The first-order valence-corrected chi connectivity index (χ1v) is 10.6. The lowest BCUT2D eigenvalue weighted by atomic mass is 9.92. The number of nitrogens with zero attached hydrogens (tertiary/aromatic N) is 4. The lowest BCUT2D eigenvalue weighted by molar-refractivity contribution is 0.196. The molecule has 0 unspecified atom stereocenters. The van der Waals surface area contributed by atoms with Crippen LogP contribution in [0.25, 0.3) is 0 Å². The van der Waals surface area contributed by atoms with Crippen molar-refractivity contribution in [2.45, 2.75) is 45.2 Å². The molecule has 0 spiro atoms. The number of benzene rings is 1. The van der Waals surface area contributed by atoms with Gasteiger partial charge in [0.05, 0.1) is 13.7 Å². The molecule has 0 aliphatic carbocycles. The van der Waals surface area contributed by atoms with Crippen molar-refractivity contribution in [3.8, 4) is 5.75 Å². The fourth-order valence-corrected chi connectivity index (χ4v) is 4.23. The van der Waals surface area contributed by atoms with E-state index >= 15 is 0 Å². The van der Waals surface area contributed by atoms with E-state index in [0.717, 1.165) is 56.9 Å². The molecule has 2 aromatic heterocycles. The van der Waals surface area contributed by atoms with Crippen molar-refractivity contribution < 1.29 is 4.74 Å². The van der Waals surface area contributed by atoms with Gasteiger partial charge in [-0.25, -0.2) is 4.98 Å². The van der Waals surface area contributed by atoms with Gasteiger partial charge in [0.2, 0.25) is 0 Å². The molecule has 0 amide bonds. The number of hydrogen-bond donors (Lipinski definition) is 0. The van der Waals surface area contributed by atoms with Gasteiger partial charge in [0.1, 0.15) is 11.6 Å². The molecule has 5 heteroatoms. The maximum absolute atomic E-state index is 5.50. The van der Waals surface area contributed by atoms with E-state index in [0.29, 0.717) is 5.92 Å². The molecule has 1 aliphatic rings. The van der Waals surface area contributed by atoms with E-state index < -0.39 is 0 Å². The SMILES string of the molecule is CCn1ccnc1CN1CCC(c2cccc(Cc3ccccc3OC)n2)CC1. The van der Waals surface area contributed by atoms with E-state index in [-0.39, 0.29) is 0 Å². The highest BCUT2D eigenvalue weighted by atomic mass is 16.5. The topological polar surface area (TPSA) is 43.2 Å². The molecular weight excluding hydrogens is 360 g/mol. The van der Waals surface area contributed by atoms with Gasteiger partial charge in [-0.3, -0.25) is 9.88 Å². The van der Waals surface area contributed by atoms with Gasteiger partial charge in [-0.2, -0.15) is 0 Å². The molecule has 3 aromatic rings. The number of rotatable bonds is 7. The molecule has 1 aromatic carbocycles. The zero-order valence-electron chi connectivity index (χ0n) is 17.4. The van der Waals surface area contributed by atoms with Crippen molar-refractivity contribution in [1.82, 2.24) is 19.4 Å². The number of pyridine rings is 1. The first kappa shape index (κ1) is 19.6. The average Bonchev–Trinajstić information content (AvgIpc) is 3.22. The average molecular weight is 391 g/mol. The monoisotopic (exact) mass is 390 g/mol. The molecule has 3 heterocycles. The Balaban J connectivity index is 1.38. The number of likely N-dealkylation sites (tertiary alicyclic amines) is 1. The lowest BCUT2D eigenvalue weighted by Gasteiger charge is -2.31. The van der Waals surface area contributed by atoms with Crippen LogP contribution in [0.15, 0.2) is 54.9 Å². The Hall–Kier alpha value is -2.66. The van der Waals surface area contributed by atoms with Crippen molar-refractivity contribution in [1.29, 1.82) is 0 Å². The summed E-state index contributed by atoms with van der Waals surface area (Å²) in [6.07, 6.45) is 7.08. The van der Waals surface area contributed by atoms with Crippen LogP contribution in [0.4, 0.5) is 0 Å². The summed E-state index contributed by atoms with van der Waals surface area (Å²) in [5.74, 6) is 2.64. The Morgan fingerprint density at radius 3 is 2.69 bits per heavy atom. The largest absolute Gasteiger partial charge is 0.496 e. The molecule has 1 fully saturated rings. The van der Waals surface area contributed by atoms with Crippen LogP contribution in [-0.2, 0) is 19.5 Å². The highest BCUT2D eigenvalue weighted by molar-refractivity contribution is 5.36. The minimum absolute atomic E-state index is 0.537. The van der Waals surface area contributed by atoms with Gasteiger partial charge < -0.3 is 9.30 Å². The number of hydrogen-bond acceptors (Lipinski definition) is 4. The molecule has 1 aliphatic heterocycles. The molecule has 0 bridgehead atoms. The van der Waals surface area contributed by atoms with Crippen LogP contribution >= 0.6 is 0 Å². The second-order valence-corrected chi connectivity index (χ2v) is 7.72. The summed E-state index contributed by atoms with van der Waals surface area (Å²) in [4.78, 5) is 12.0. The fourth-order valence-electron chi connectivity index (χ4n) is 4.23. The molecule has 5 nitrogen and oxygen atoms in total. The van der Waals surface area contributed by atoms with Crippen molar-refractivity contribution in [2.75, 3.05) is 20.2 Å². The zero-order valence-corrected chi connectivity index (χ0v) is 17.4. The molecule has 4 rings (SSSR count). The lowest BCUT2D eigenvalue weighted by Crippen LogP contribution is -2.33. The summed E-state index contributed by atoms with van der Waals surface area (Å²) >= 11 is 0. The Morgan fingerprint density at radius 2 is 1.90 bits per heavy atom. The van der Waals surface area contributed by atoms with Gasteiger partial charge in [0.15, 0.2) is 0 Å². The summed E-state index contributed by atoms with van der Waals surface area (Å²) in [5.41, 5.74) is 3.52. The van der Waals surface area contributed by atoms with Crippen LogP contribution in [-0.4, -0.2) is 39.6 Å². The molecular formula is C24H30N4O. The number of methoxy groups -OCH3 is 1. The van der Waals surface area contributed by atoms with Gasteiger partial charge in [-0.1, -0.05) is 24.3 Å². The highest BCUT2D eigenvalue weighted by Crippen LogP contribution is 2.28. The number of ether oxygens (including phenoxy) is 1. The minimum atomic E-state index is 0.537. The van der Waals surface area contributed by atoms with Crippen molar-refractivity contribution >= 4 is 0 Å². The summed E-state index contributed by atoms with van der Waals surface area (Å²) in [5, 5.41) is 0. The van der Waals surface area contributed by atoms with Crippen molar-refractivity contribution in [2.24, 2.45) is 0 Å². The Kier molecular flexibility index (Phi) is 6.25. The van der Waals surface area contributed by atoms with E-state index in [4.69, 9.17) is 9.72 Å². The van der Waals surface area contributed by atoms with Crippen molar-refractivity contribution in [3.05, 3.63) is 77.6 Å². The maximum atomic E-state index is 5.50. The summed E-state index contributed by atoms with van der Waals surface area (Å²) in [7, 11) is 1.73. The first-order valence-electron chi connectivity index (χ1n) is 10.6. The van der Waals surface area contributed by atoms with E-state index in [1.165, 1.54) is 17.1 Å². The van der Waals surface area contributed by atoms with Gasteiger partial charge in [0, 0.05) is 48.2 Å². The highest BCUT2D eigenvalue weighted by Gasteiger charge is 2.22. The smallest absolute Gasteiger partial charge is 0.122 e. The molecule has 0 radical (unpaired) electrons. The van der Waals surface area contributed by atoms with Crippen LogP contribution in [0.5, 0.6) is 5.75 Å². The van der Waals surface area contributed by atoms with E-state index in [2.05, 4.69) is 57.9 Å². The molecule has 29 heavy (non-hydrogen) atoms. The molecule has 152 valence electrons. The number of aromatic nitrogens is 3. The molecule has 1 saturated heterocycles. The molecule has 0 atom stereocenters.